The van der Waals surface area contributed by atoms with Gasteiger partial charge in [-0.3, -0.25) is 9.59 Å². The van der Waals surface area contributed by atoms with E-state index in [2.05, 4.69) is 62.5 Å². The Labute approximate surface area is 298 Å². The minimum atomic E-state index is -1.14. The zero-order chi connectivity index (χ0) is 36.4. The molecule has 0 aromatic carbocycles. The number of aliphatic carboxylic acids is 1. The average Bonchev–Trinajstić information content (AvgIpc) is 3.05. The normalized spacial score (nSPS) is 13.7. The lowest BCUT2D eigenvalue weighted by atomic mass is 10.1. The molecule has 2 atom stereocenters. The lowest BCUT2D eigenvalue weighted by Crippen LogP contribution is -2.55. The van der Waals surface area contributed by atoms with Crippen molar-refractivity contribution in [1.82, 2.24) is 0 Å². The number of rotatable bonds is 32. The number of carboxylic acids is 1. The van der Waals surface area contributed by atoms with Gasteiger partial charge in [0.2, 0.25) is 0 Å². The molecule has 49 heavy (non-hydrogen) atoms. The Morgan fingerprint density at radius 2 is 1.18 bits per heavy atom. The summed E-state index contributed by atoms with van der Waals surface area (Å²) in [5, 5.41) is 11.6. The molecule has 0 amide bonds. The Balaban J connectivity index is 4.57. The Hall–Kier alpha value is -2.97. The molecule has 0 aromatic rings. The van der Waals surface area contributed by atoms with Crippen molar-refractivity contribution >= 4 is 17.9 Å². The van der Waals surface area contributed by atoms with E-state index in [0.717, 1.165) is 57.8 Å². The molecule has 0 saturated heterocycles. The quantitative estimate of drug-likeness (QED) is 0.0305. The van der Waals surface area contributed by atoms with Crippen LogP contribution in [-0.4, -0.2) is 75.5 Å². The summed E-state index contributed by atoms with van der Waals surface area (Å²) in [6, 6.07) is -0.739. The molecule has 0 rings (SSSR count). The smallest absolute Gasteiger partial charge is 0.306 e. The lowest BCUT2D eigenvalue weighted by molar-refractivity contribution is -0.889. The summed E-state index contributed by atoms with van der Waals surface area (Å²) in [4.78, 5) is 36.6. The van der Waals surface area contributed by atoms with Gasteiger partial charge < -0.3 is 28.6 Å². The summed E-state index contributed by atoms with van der Waals surface area (Å²) in [5.41, 5.74) is 0. The second kappa shape index (κ2) is 32.2. The van der Waals surface area contributed by atoms with Crippen LogP contribution in [0.4, 0.5) is 0 Å². The first-order chi connectivity index (χ1) is 23.6. The second-order valence-corrected chi connectivity index (χ2v) is 13.4. The van der Waals surface area contributed by atoms with E-state index in [4.69, 9.17) is 14.2 Å². The van der Waals surface area contributed by atoms with Crippen molar-refractivity contribution in [3.8, 4) is 0 Å². The third kappa shape index (κ3) is 30.8. The van der Waals surface area contributed by atoms with E-state index in [1.807, 2.05) is 12.2 Å². The largest absolute Gasteiger partial charge is 0.544 e. The SMILES string of the molecule is CC/C=C\C/C=C\C/C=C\C/C=C\CCC(=O)OC(COCCC(C(=O)[O-])[N+](C)(C)C)COC(=O)CCCCCCC/C=C\CCCCC. The van der Waals surface area contributed by atoms with Gasteiger partial charge in [-0.15, -0.1) is 0 Å². The third-order valence-corrected chi connectivity index (χ3v) is 7.90. The molecule has 8 heteroatoms. The van der Waals surface area contributed by atoms with Crippen molar-refractivity contribution in [1.29, 1.82) is 0 Å². The Kier molecular flexibility index (Phi) is 30.3. The van der Waals surface area contributed by atoms with Gasteiger partial charge in [-0.2, -0.15) is 0 Å². The standard InChI is InChI=1S/C41H69NO7/c1-6-8-10-12-14-16-18-20-22-24-26-28-30-32-40(44)49-37(35-47-34-33-38(41(45)46)42(3,4)5)36-48-39(43)31-29-27-25-23-21-19-17-15-13-11-9-7-2/h8,10,14-17,20,22,26,28,37-38H,6-7,9,11-13,18-19,21,23-25,27,29-36H2,1-5H3/b10-8-,16-14-,17-15-,22-20-,28-26-. The van der Waals surface area contributed by atoms with Crippen molar-refractivity contribution in [3.63, 3.8) is 0 Å². The zero-order valence-corrected chi connectivity index (χ0v) is 31.6. The Morgan fingerprint density at radius 3 is 1.78 bits per heavy atom. The number of hydrogen-bond donors (Lipinski definition) is 0. The molecule has 0 bridgehead atoms. The molecule has 0 fully saturated rings. The molecule has 0 aliphatic heterocycles. The maximum Gasteiger partial charge on any atom is 0.306 e. The summed E-state index contributed by atoms with van der Waals surface area (Å²) in [6.07, 6.45) is 36.9. The van der Waals surface area contributed by atoms with Gasteiger partial charge in [0.15, 0.2) is 6.10 Å². The van der Waals surface area contributed by atoms with Crippen LogP contribution < -0.4 is 5.11 Å². The van der Waals surface area contributed by atoms with E-state index in [0.29, 0.717) is 12.8 Å². The highest BCUT2D eigenvalue weighted by molar-refractivity contribution is 5.70. The van der Waals surface area contributed by atoms with Gasteiger partial charge >= 0.3 is 11.9 Å². The van der Waals surface area contributed by atoms with Crippen LogP contribution in [0.25, 0.3) is 0 Å². The van der Waals surface area contributed by atoms with E-state index < -0.39 is 24.1 Å². The van der Waals surface area contributed by atoms with E-state index >= 15 is 0 Å². The van der Waals surface area contributed by atoms with Crippen molar-refractivity contribution in [2.24, 2.45) is 0 Å². The minimum absolute atomic E-state index is 0.00690. The van der Waals surface area contributed by atoms with Gasteiger partial charge in [-0.05, 0) is 64.2 Å². The van der Waals surface area contributed by atoms with Gasteiger partial charge in [0.25, 0.3) is 0 Å². The third-order valence-electron chi connectivity index (χ3n) is 7.90. The molecule has 0 aromatic heterocycles. The van der Waals surface area contributed by atoms with Gasteiger partial charge in [-0.1, -0.05) is 107 Å². The van der Waals surface area contributed by atoms with Crippen LogP contribution in [-0.2, 0) is 28.6 Å². The number of carbonyl (C=O) groups is 3. The number of allylic oxidation sites excluding steroid dienone is 10. The monoisotopic (exact) mass is 688 g/mol. The van der Waals surface area contributed by atoms with Crippen LogP contribution in [0.3, 0.4) is 0 Å². The maximum atomic E-state index is 12.6. The molecule has 280 valence electrons. The van der Waals surface area contributed by atoms with Crippen LogP contribution in [0, 0.1) is 0 Å². The molecule has 0 radical (unpaired) electrons. The van der Waals surface area contributed by atoms with Gasteiger partial charge in [-0.25, -0.2) is 0 Å². The molecular formula is C41H69NO7. The lowest BCUT2D eigenvalue weighted by Gasteiger charge is -2.34. The number of ether oxygens (including phenoxy) is 3. The van der Waals surface area contributed by atoms with E-state index in [1.165, 1.54) is 32.1 Å². The number of carboxylic acid groups (broad SMARTS) is 1. The number of likely N-dealkylation sites (N-methyl/N-ethyl adjacent to an activating group) is 1. The Morgan fingerprint density at radius 1 is 0.633 bits per heavy atom. The molecule has 2 unspecified atom stereocenters. The molecule has 0 N–H and O–H groups in total. The van der Waals surface area contributed by atoms with Gasteiger partial charge in [0.1, 0.15) is 12.6 Å². The topological polar surface area (TPSA) is 102 Å². The Bertz CT molecular complexity index is 990. The highest BCUT2D eigenvalue weighted by Crippen LogP contribution is 2.11. The fraction of sp³-hybridized carbons (Fsp3) is 0.683. The molecule has 0 heterocycles. The molecule has 0 aliphatic rings. The fourth-order valence-corrected chi connectivity index (χ4v) is 4.96. The number of carbonyl (C=O) groups excluding carboxylic acids is 3. The summed E-state index contributed by atoms with van der Waals surface area (Å²) in [7, 11) is 5.36. The highest BCUT2D eigenvalue weighted by atomic mass is 16.6. The van der Waals surface area contributed by atoms with Crippen LogP contribution in [0.5, 0.6) is 0 Å². The second-order valence-electron chi connectivity index (χ2n) is 13.4. The summed E-state index contributed by atoms with van der Waals surface area (Å²) >= 11 is 0. The van der Waals surface area contributed by atoms with Crippen molar-refractivity contribution in [2.45, 2.75) is 142 Å². The van der Waals surface area contributed by atoms with Crippen LogP contribution in [0.15, 0.2) is 60.8 Å². The first-order valence-corrected chi connectivity index (χ1v) is 18.8. The van der Waals surface area contributed by atoms with Crippen molar-refractivity contribution < 1.29 is 38.2 Å². The minimum Gasteiger partial charge on any atom is -0.544 e. The van der Waals surface area contributed by atoms with Crippen molar-refractivity contribution in [3.05, 3.63) is 60.8 Å². The predicted molar refractivity (Wildman–Crippen MR) is 199 cm³/mol. The maximum absolute atomic E-state index is 12.6. The van der Waals surface area contributed by atoms with Crippen LogP contribution >= 0.6 is 0 Å². The van der Waals surface area contributed by atoms with E-state index in [1.54, 1.807) is 21.1 Å². The predicted octanol–water partition coefficient (Wildman–Crippen LogP) is 8.13. The average molecular weight is 688 g/mol. The van der Waals surface area contributed by atoms with Crippen LogP contribution in [0.1, 0.15) is 129 Å². The van der Waals surface area contributed by atoms with E-state index in [-0.39, 0.29) is 43.1 Å². The number of nitrogens with zero attached hydrogens (tertiary/aromatic N) is 1. The zero-order valence-electron chi connectivity index (χ0n) is 31.6. The number of hydrogen-bond acceptors (Lipinski definition) is 7. The molecule has 0 spiro atoms. The fourth-order valence-electron chi connectivity index (χ4n) is 4.96. The van der Waals surface area contributed by atoms with Gasteiger partial charge in [0.05, 0.1) is 40.3 Å². The molecule has 8 nitrogen and oxygen atoms in total. The number of unbranched alkanes of at least 4 members (excludes halogenated alkanes) is 8. The summed E-state index contributed by atoms with van der Waals surface area (Å²) in [6.45, 7) is 4.40. The summed E-state index contributed by atoms with van der Waals surface area (Å²) in [5.74, 6) is -1.86. The first kappa shape index (κ1) is 46.0. The van der Waals surface area contributed by atoms with Gasteiger partial charge in [0, 0.05) is 19.3 Å². The molecule has 0 saturated carbocycles. The highest BCUT2D eigenvalue weighted by Gasteiger charge is 2.25. The molecular weight excluding hydrogens is 618 g/mol. The van der Waals surface area contributed by atoms with Crippen molar-refractivity contribution in [2.75, 3.05) is 41.0 Å². The first-order valence-electron chi connectivity index (χ1n) is 18.8. The van der Waals surface area contributed by atoms with E-state index in [9.17, 15) is 19.5 Å². The van der Waals surface area contributed by atoms with Crippen LogP contribution in [0.2, 0.25) is 0 Å². The number of esters is 2. The molecule has 0 aliphatic carbocycles. The summed E-state index contributed by atoms with van der Waals surface area (Å²) < 4.78 is 17.0. The number of quaternary nitrogens is 1.